The molecule has 2 fully saturated rings. The van der Waals surface area contributed by atoms with E-state index in [4.69, 9.17) is 0 Å². The van der Waals surface area contributed by atoms with Gasteiger partial charge in [-0.3, -0.25) is 19.0 Å². The van der Waals surface area contributed by atoms with Crippen molar-refractivity contribution < 1.29 is 14.7 Å². The predicted octanol–water partition coefficient (Wildman–Crippen LogP) is 0.586. The standard InChI is InChI=1S/C20H27N3O4/c1-13(25)22-10-15-9-16(11-22)19(23-17(15)3-2-4-18(23)26)20(27)21-7-5-14(12-24)6-8-21/h2-4,14-16,19,24H,5-12H2,1H3/t15-,16+,19-/m1/s1. The number of carbonyl (C=O) groups excluding carboxylic acids is 2. The number of carbonyl (C=O) groups is 2. The largest absolute Gasteiger partial charge is 0.396 e. The second-order valence-corrected chi connectivity index (χ2v) is 8.17. The van der Waals surface area contributed by atoms with Crippen molar-refractivity contribution in [3.05, 3.63) is 34.2 Å². The first kappa shape index (κ1) is 18.2. The first-order valence-electron chi connectivity index (χ1n) is 9.86. The molecule has 4 heterocycles. The van der Waals surface area contributed by atoms with E-state index in [0.29, 0.717) is 26.2 Å². The van der Waals surface area contributed by atoms with Gasteiger partial charge in [0.05, 0.1) is 0 Å². The Morgan fingerprint density at radius 1 is 1.15 bits per heavy atom. The molecule has 1 N–H and O–H groups in total. The van der Waals surface area contributed by atoms with Crippen LogP contribution >= 0.6 is 0 Å². The Morgan fingerprint density at radius 2 is 1.89 bits per heavy atom. The highest BCUT2D eigenvalue weighted by Gasteiger charge is 2.45. The number of likely N-dealkylation sites (tertiary alicyclic amines) is 2. The van der Waals surface area contributed by atoms with Crippen molar-refractivity contribution >= 4 is 11.8 Å². The smallest absolute Gasteiger partial charge is 0.251 e. The van der Waals surface area contributed by atoms with Crippen molar-refractivity contribution in [2.75, 3.05) is 32.8 Å². The van der Waals surface area contributed by atoms with Crippen LogP contribution < -0.4 is 5.56 Å². The van der Waals surface area contributed by atoms with E-state index in [1.54, 1.807) is 17.6 Å². The monoisotopic (exact) mass is 373 g/mol. The van der Waals surface area contributed by atoms with Gasteiger partial charge in [-0.1, -0.05) is 6.07 Å². The van der Waals surface area contributed by atoms with E-state index in [9.17, 15) is 19.5 Å². The molecule has 1 aromatic rings. The molecule has 27 heavy (non-hydrogen) atoms. The van der Waals surface area contributed by atoms with Crippen LogP contribution in [0.25, 0.3) is 0 Å². The van der Waals surface area contributed by atoms with Gasteiger partial charge in [-0.2, -0.15) is 0 Å². The van der Waals surface area contributed by atoms with Crippen molar-refractivity contribution in [2.24, 2.45) is 11.8 Å². The van der Waals surface area contributed by atoms with Crippen molar-refractivity contribution in [3.63, 3.8) is 0 Å². The maximum Gasteiger partial charge on any atom is 0.251 e. The second-order valence-electron chi connectivity index (χ2n) is 8.17. The molecule has 1 aromatic heterocycles. The zero-order chi connectivity index (χ0) is 19.1. The van der Waals surface area contributed by atoms with Crippen LogP contribution in [-0.4, -0.2) is 64.1 Å². The summed E-state index contributed by atoms with van der Waals surface area (Å²) in [6.45, 7) is 4.09. The van der Waals surface area contributed by atoms with Gasteiger partial charge >= 0.3 is 0 Å². The van der Waals surface area contributed by atoms with Crippen LogP contribution in [0.2, 0.25) is 0 Å². The van der Waals surface area contributed by atoms with Gasteiger partial charge in [-0.25, -0.2) is 0 Å². The summed E-state index contributed by atoms with van der Waals surface area (Å²) in [5.74, 6) is 0.317. The summed E-state index contributed by atoms with van der Waals surface area (Å²) in [6.07, 6.45) is 2.41. The van der Waals surface area contributed by atoms with Crippen molar-refractivity contribution in [1.82, 2.24) is 14.4 Å². The van der Waals surface area contributed by atoms with E-state index in [-0.39, 0.29) is 41.7 Å². The number of fused-ring (bicyclic) bond motifs is 4. The number of pyridine rings is 1. The molecule has 3 aliphatic rings. The van der Waals surface area contributed by atoms with Crippen LogP contribution in [0.5, 0.6) is 0 Å². The molecule has 7 heteroatoms. The Hall–Kier alpha value is -2.15. The number of aliphatic hydroxyl groups excluding tert-OH is 1. The summed E-state index contributed by atoms with van der Waals surface area (Å²) < 4.78 is 1.69. The SMILES string of the molecule is CC(=O)N1C[C@H]2C[C@@H](C1)[C@H](C(=O)N1CCC(CO)CC1)n1c2cccc1=O. The number of hydrogen-bond donors (Lipinski definition) is 1. The number of piperidine rings is 2. The first-order valence-corrected chi connectivity index (χ1v) is 9.86. The van der Waals surface area contributed by atoms with Gasteiger partial charge in [0.1, 0.15) is 6.04 Å². The molecule has 4 rings (SSSR count). The molecule has 3 atom stereocenters. The number of hydrogen-bond acceptors (Lipinski definition) is 4. The van der Waals surface area contributed by atoms with Gasteiger partial charge in [0.25, 0.3) is 5.56 Å². The molecule has 7 nitrogen and oxygen atoms in total. The molecule has 2 amide bonds. The topological polar surface area (TPSA) is 82.8 Å². The highest BCUT2D eigenvalue weighted by Crippen LogP contribution is 2.42. The normalized spacial score (nSPS) is 28.0. The molecule has 0 spiro atoms. The fourth-order valence-electron chi connectivity index (χ4n) is 5.03. The summed E-state index contributed by atoms with van der Waals surface area (Å²) in [5, 5.41) is 9.34. The molecule has 0 aromatic carbocycles. The van der Waals surface area contributed by atoms with Gasteiger partial charge in [-0.05, 0) is 31.2 Å². The van der Waals surface area contributed by atoms with E-state index in [2.05, 4.69) is 0 Å². The molecule has 0 aliphatic carbocycles. The molecule has 2 bridgehead atoms. The van der Waals surface area contributed by atoms with E-state index in [0.717, 1.165) is 25.0 Å². The average molecular weight is 373 g/mol. The minimum Gasteiger partial charge on any atom is -0.396 e. The highest BCUT2D eigenvalue weighted by molar-refractivity contribution is 5.82. The second kappa shape index (κ2) is 7.11. The van der Waals surface area contributed by atoms with Crippen LogP contribution in [0, 0.1) is 11.8 Å². The lowest BCUT2D eigenvalue weighted by Crippen LogP contribution is -2.55. The molecule has 0 radical (unpaired) electrons. The zero-order valence-electron chi connectivity index (χ0n) is 15.7. The molecule has 0 saturated carbocycles. The molecule has 2 saturated heterocycles. The third-order valence-corrected chi connectivity index (χ3v) is 6.53. The van der Waals surface area contributed by atoms with Crippen LogP contribution in [0.1, 0.15) is 43.8 Å². The Morgan fingerprint density at radius 3 is 2.56 bits per heavy atom. The molecular formula is C20H27N3O4. The third-order valence-electron chi connectivity index (χ3n) is 6.53. The number of aliphatic hydroxyl groups is 1. The summed E-state index contributed by atoms with van der Waals surface area (Å²) >= 11 is 0. The number of amides is 2. The van der Waals surface area contributed by atoms with E-state index in [1.165, 1.54) is 6.07 Å². The fourth-order valence-corrected chi connectivity index (χ4v) is 5.03. The summed E-state index contributed by atoms with van der Waals surface area (Å²) in [5.41, 5.74) is 0.732. The number of nitrogens with zero attached hydrogens (tertiary/aromatic N) is 3. The minimum atomic E-state index is -0.544. The number of aromatic nitrogens is 1. The lowest BCUT2D eigenvalue weighted by atomic mass is 9.77. The summed E-state index contributed by atoms with van der Waals surface area (Å²) in [6, 6.07) is 4.64. The van der Waals surface area contributed by atoms with Crippen LogP contribution in [0.4, 0.5) is 0 Å². The van der Waals surface area contributed by atoms with E-state index < -0.39 is 6.04 Å². The van der Waals surface area contributed by atoms with Crippen molar-refractivity contribution in [2.45, 2.75) is 38.1 Å². The Labute approximate surface area is 158 Å². The van der Waals surface area contributed by atoms with Gasteiger partial charge in [-0.15, -0.1) is 0 Å². The van der Waals surface area contributed by atoms with E-state index in [1.807, 2.05) is 15.9 Å². The first-order chi connectivity index (χ1) is 13.0. The van der Waals surface area contributed by atoms with E-state index >= 15 is 0 Å². The Bertz CT molecular complexity index is 797. The van der Waals surface area contributed by atoms with Gasteiger partial charge in [0, 0.05) is 63.3 Å². The Balaban J connectivity index is 1.68. The molecule has 3 aliphatic heterocycles. The van der Waals surface area contributed by atoms with Crippen LogP contribution in [-0.2, 0) is 9.59 Å². The maximum absolute atomic E-state index is 13.4. The maximum atomic E-state index is 13.4. The van der Waals surface area contributed by atoms with Gasteiger partial charge < -0.3 is 14.9 Å². The molecule has 146 valence electrons. The quantitative estimate of drug-likeness (QED) is 0.822. The third kappa shape index (κ3) is 3.18. The minimum absolute atomic E-state index is 0.0187. The lowest BCUT2D eigenvalue weighted by molar-refractivity contribution is -0.142. The fraction of sp³-hybridized carbons (Fsp3) is 0.650. The van der Waals surface area contributed by atoms with Crippen molar-refractivity contribution in [1.29, 1.82) is 0 Å². The Kier molecular flexibility index (Phi) is 4.80. The zero-order valence-corrected chi connectivity index (χ0v) is 15.7. The predicted molar refractivity (Wildman–Crippen MR) is 99.2 cm³/mol. The highest BCUT2D eigenvalue weighted by atomic mass is 16.3. The lowest BCUT2D eigenvalue weighted by Gasteiger charge is -2.47. The van der Waals surface area contributed by atoms with Gasteiger partial charge in [0.2, 0.25) is 11.8 Å². The van der Waals surface area contributed by atoms with Crippen LogP contribution in [0.3, 0.4) is 0 Å². The average Bonchev–Trinajstić information content (AvgIpc) is 2.68. The van der Waals surface area contributed by atoms with Crippen LogP contribution in [0.15, 0.2) is 23.0 Å². The van der Waals surface area contributed by atoms with Gasteiger partial charge in [0.15, 0.2) is 0 Å². The summed E-state index contributed by atoms with van der Waals surface area (Å²) in [7, 11) is 0. The van der Waals surface area contributed by atoms with Crippen molar-refractivity contribution in [3.8, 4) is 0 Å². The molecule has 0 unspecified atom stereocenters. The summed E-state index contributed by atoms with van der Waals surface area (Å²) in [4.78, 5) is 41.8. The molecular weight excluding hydrogens is 346 g/mol. The number of rotatable bonds is 2.